The van der Waals surface area contributed by atoms with Crippen molar-refractivity contribution in [3.63, 3.8) is 0 Å². The molecule has 120 valence electrons. The first-order valence-corrected chi connectivity index (χ1v) is 8.88. The average molecular weight is 314 g/mol. The third-order valence-electron chi connectivity index (χ3n) is 3.21. The number of ether oxygens (including phenoxy) is 1. The molecular weight excluding hydrogens is 288 g/mol. The first kappa shape index (κ1) is 18.1. The van der Waals surface area contributed by atoms with Gasteiger partial charge in [-0.05, 0) is 17.5 Å². The zero-order valence-electron chi connectivity index (χ0n) is 13.1. The number of hydrogen-bond acceptors (Lipinski definition) is 3. The average Bonchev–Trinajstić information content (AvgIpc) is 2.47. The zero-order chi connectivity index (χ0) is 15.7. The molecule has 0 amide bonds. The summed E-state index contributed by atoms with van der Waals surface area (Å²) in [7, 11) is -3.42. The lowest BCUT2D eigenvalue weighted by Gasteiger charge is -2.19. The molecule has 0 aromatic heterocycles. The van der Waals surface area contributed by atoms with Crippen molar-refractivity contribution in [1.29, 1.82) is 0 Å². The summed E-state index contributed by atoms with van der Waals surface area (Å²) >= 11 is 0. The van der Waals surface area contributed by atoms with E-state index in [1.807, 2.05) is 38.1 Å². The van der Waals surface area contributed by atoms with E-state index in [0.29, 0.717) is 26.3 Å². The van der Waals surface area contributed by atoms with Gasteiger partial charge < -0.3 is 4.74 Å². The van der Waals surface area contributed by atoms with Crippen LogP contribution in [0.4, 0.5) is 0 Å². The Labute approximate surface area is 128 Å². The molecule has 21 heavy (non-hydrogen) atoms. The Morgan fingerprint density at radius 1 is 1.10 bits per heavy atom. The maximum Gasteiger partial charge on any atom is 0.279 e. The summed E-state index contributed by atoms with van der Waals surface area (Å²) in [4.78, 5) is 0. The van der Waals surface area contributed by atoms with Crippen LogP contribution in [0.3, 0.4) is 0 Å². The molecular formula is C15H26N2O3S. The van der Waals surface area contributed by atoms with Crippen molar-refractivity contribution in [2.45, 2.75) is 40.3 Å². The lowest BCUT2D eigenvalue weighted by molar-refractivity contribution is 0.121. The Hall–Kier alpha value is -0.950. The highest BCUT2D eigenvalue weighted by Crippen LogP contribution is 2.11. The summed E-state index contributed by atoms with van der Waals surface area (Å²) in [6.45, 7) is 8.15. The van der Waals surface area contributed by atoms with E-state index in [1.54, 1.807) is 0 Å². The summed E-state index contributed by atoms with van der Waals surface area (Å²) in [5.41, 5.74) is 1.97. The van der Waals surface area contributed by atoms with E-state index < -0.39 is 10.2 Å². The highest BCUT2D eigenvalue weighted by atomic mass is 32.2. The Balaban J connectivity index is 2.70. The number of rotatable bonds is 10. The minimum atomic E-state index is -3.42. The molecule has 1 aromatic rings. The van der Waals surface area contributed by atoms with E-state index in [4.69, 9.17) is 4.74 Å². The predicted octanol–water partition coefficient (Wildman–Crippen LogP) is 2.29. The van der Waals surface area contributed by atoms with Crippen LogP contribution in [0.1, 0.15) is 38.3 Å². The fourth-order valence-electron chi connectivity index (χ4n) is 2.02. The molecule has 1 N–H and O–H groups in total. The van der Waals surface area contributed by atoms with Crippen LogP contribution >= 0.6 is 0 Å². The molecule has 0 atom stereocenters. The van der Waals surface area contributed by atoms with Crippen molar-refractivity contribution in [2.75, 3.05) is 19.7 Å². The highest BCUT2D eigenvalue weighted by Gasteiger charge is 2.18. The zero-order valence-corrected chi connectivity index (χ0v) is 13.9. The minimum Gasteiger partial charge on any atom is -0.377 e. The van der Waals surface area contributed by atoms with Gasteiger partial charge in [0.2, 0.25) is 0 Å². The molecule has 0 aliphatic heterocycles. The van der Waals surface area contributed by atoms with Gasteiger partial charge in [-0.1, -0.05) is 45.0 Å². The predicted molar refractivity (Wildman–Crippen MR) is 85.1 cm³/mol. The van der Waals surface area contributed by atoms with Crippen molar-refractivity contribution in [3.8, 4) is 0 Å². The SMILES string of the molecule is CCCOCc1ccccc1CNS(=O)(=O)N(CC)CC. The van der Waals surface area contributed by atoms with Crippen LogP contribution in [0.15, 0.2) is 24.3 Å². The van der Waals surface area contributed by atoms with E-state index in [1.165, 1.54) is 4.31 Å². The lowest BCUT2D eigenvalue weighted by atomic mass is 10.1. The van der Waals surface area contributed by atoms with Gasteiger partial charge in [0.25, 0.3) is 10.2 Å². The molecule has 0 heterocycles. The normalized spacial score (nSPS) is 12.0. The van der Waals surface area contributed by atoms with E-state index in [-0.39, 0.29) is 6.54 Å². The topological polar surface area (TPSA) is 58.6 Å². The third-order valence-corrected chi connectivity index (χ3v) is 4.92. The summed E-state index contributed by atoms with van der Waals surface area (Å²) < 4.78 is 33.8. The molecule has 0 spiro atoms. The molecule has 1 aromatic carbocycles. The molecule has 0 unspecified atom stereocenters. The van der Waals surface area contributed by atoms with E-state index >= 15 is 0 Å². The summed E-state index contributed by atoms with van der Waals surface area (Å²) in [6, 6.07) is 7.74. The third kappa shape index (κ3) is 5.74. The molecule has 5 nitrogen and oxygen atoms in total. The minimum absolute atomic E-state index is 0.282. The van der Waals surface area contributed by atoms with Gasteiger partial charge in [0.1, 0.15) is 0 Å². The molecule has 0 fully saturated rings. The summed E-state index contributed by atoms with van der Waals surface area (Å²) in [5, 5.41) is 0. The Bertz CT molecular complexity index is 513. The fraction of sp³-hybridized carbons (Fsp3) is 0.600. The van der Waals surface area contributed by atoms with Crippen LogP contribution in [0.2, 0.25) is 0 Å². The summed E-state index contributed by atoms with van der Waals surface area (Å²) in [5.74, 6) is 0. The van der Waals surface area contributed by atoms with Crippen molar-refractivity contribution < 1.29 is 13.2 Å². The van der Waals surface area contributed by atoms with Crippen molar-refractivity contribution in [3.05, 3.63) is 35.4 Å². The smallest absolute Gasteiger partial charge is 0.279 e. The molecule has 0 saturated carbocycles. The molecule has 6 heteroatoms. The standard InChI is InChI=1S/C15H26N2O3S/c1-4-11-20-13-15-10-8-7-9-14(15)12-16-21(18,19)17(5-2)6-3/h7-10,16H,4-6,11-13H2,1-3H3. The number of hydrogen-bond donors (Lipinski definition) is 1. The van der Waals surface area contributed by atoms with E-state index in [0.717, 1.165) is 17.5 Å². The van der Waals surface area contributed by atoms with E-state index in [2.05, 4.69) is 11.6 Å². The van der Waals surface area contributed by atoms with Crippen molar-refractivity contribution in [2.24, 2.45) is 0 Å². The quantitative estimate of drug-likeness (QED) is 0.674. The first-order chi connectivity index (χ1) is 10.0. The largest absolute Gasteiger partial charge is 0.377 e. The van der Waals surface area contributed by atoms with Gasteiger partial charge in [0.05, 0.1) is 6.61 Å². The molecule has 0 radical (unpaired) electrons. The van der Waals surface area contributed by atoms with Gasteiger partial charge >= 0.3 is 0 Å². The van der Waals surface area contributed by atoms with Crippen molar-refractivity contribution >= 4 is 10.2 Å². The Morgan fingerprint density at radius 2 is 1.71 bits per heavy atom. The van der Waals surface area contributed by atoms with Crippen LogP contribution in [-0.2, 0) is 28.1 Å². The van der Waals surface area contributed by atoms with Gasteiger partial charge in [-0.3, -0.25) is 0 Å². The van der Waals surface area contributed by atoms with Crippen LogP contribution in [0, 0.1) is 0 Å². The second-order valence-electron chi connectivity index (χ2n) is 4.73. The van der Waals surface area contributed by atoms with Gasteiger partial charge in [-0.15, -0.1) is 0 Å². The molecule has 0 bridgehead atoms. The van der Waals surface area contributed by atoms with Gasteiger partial charge in [0, 0.05) is 26.2 Å². The number of nitrogens with one attached hydrogen (secondary N) is 1. The molecule has 0 aliphatic rings. The molecule has 0 saturated heterocycles. The number of nitrogens with zero attached hydrogens (tertiary/aromatic N) is 1. The second-order valence-corrected chi connectivity index (χ2v) is 6.49. The Morgan fingerprint density at radius 3 is 2.29 bits per heavy atom. The molecule has 1 rings (SSSR count). The second kappa shape index (κ2) is 9.15. The summed E-state index contributed by atoms with van der Waals surface area (Å²) in [6.07, 6.45) is 0.969. The van der Waals surface area contributed by atoms with Crippen LogP contribution in [-0.4, -0.2) is 32.4 Å². The van der Waals surface area contributed by atoms with E-state index in [9.17, 15) is 8.42 Å². The monoisotopic (exact) mass is 314 g/mol. The van der Waals surface area contributed by atoms with Crippen LogP contribution in [0.25, 0.3) is 0 Å². The first-order valence-electron chi connectivity index (χ1n) is 7.44. The van der Waals surface area contributed by atoms with Gasteiger partial charge in [0.15, 0.2) is 0 Å². The van der Waals surface area contributed by atoms with Crippen LogP contribution in [0.5, 0.6) is 0 Å². The highest BCUT2D eigenvalue weighted by molar-refractivity contribution is 7.87. The Kier molecular flexibility index (Phi) is 7.88. The number of benzene rings is 1. The van der Waals surface area contributed by atoms with Crippen molar-refractivity contribution in [1.82, 2.24) is 9.03 Å². The maximum atomic E-state index is 12.1. The van der Waals surface area contributed by atoms with Gasteiger partial charge in [-0.25, -0.2) is 0 Å². The van der Waals surface area contributed by atoms with Crippen LogP contribution < -0.4 is 4.72 Å². The molecule has 0 aliphatic carbocycles. The fourth-order valence-corrected chi connectivity index (χ4v) is 3.22. The van der Waals surface area contributed by atoms with Gasteiger partial charge in [-0.2, -0.15) is 17.4 Å². The lowest BCUT2D eigenvalue weighted by Crippen LogP contribution is -2.40. The maximum absolute atomic E-state index is 12.1.